The van der Waals surface area contributed by atoms with Gasteiger partial charge >= 0.3 is 0 Å². The quantitative estimate of drug-likeness (QED) is 0.625. The fraction of sp³-hybridized carbons (Fsp3) is 0.0526. The number of para-hydroxylation sites is 1. The number of aromatic hydroxyl groups is 2. The predicted molar refractivity (Wildman–Crippen MR) is 89.0 cm³/mol. The SMILES string of the molecule is Oc1ccc(O)c(-c2ccccc2NCc2ccccc2)c1. The molecule has 3 rings (SSSR count). The average molecular weight is 291 g/mol. The Morgan fingerprint density at radius 2 is 1.45 bits per heavy atom. The van der Waals surface area contributed by atoms with Crippen molar-refractivity contribution in [1.29, 1.82) is 0 Å². The molecule has 0 fully saturated rings. The molecule has 0 atom stereocenters. The maximum atomic E-state index is 10.1. The number of anilines is 1. The first-order chi connectivity index (χ1) is 10.7. The maximum Gasteiger partial charge on any atom is 0.123 e. The first-order valence-electron chi connectivity index (χ1n) is 7.13. The standard InChI is InChI=1S/C19H17NO2/c21-15-10-11-19(22)17(12-15)16-8-4-5-9-18(16)20-13-14-6-2-1-3-7-14/h1-12,20-22H,13H2. The Hall–Kier alpha value is -2.94. The second-order valence-corrected chi connectivity index (χ2v) is 5.09. The zero-order valence-corrected chi connectivity index (χ0v) is 12.0. The summed E-state index contributed by atoms with van der Waals surface area (Å²) >= 11 is 0. The van der Waals surface area contributed by atoms with Crippen molar-refractivity contribution >= 4 is 5.69 Å². The highest BCUT2D eigenvalue weighted by Crippen LogP contribution is 2.36. The van der Waals surface area contributed by atoms with E-state index in [0.717, 1.165) is 11.3 Å². The fourth-order valence-corrected chi connectivity index (χ4v) is 2.41. The van der Waals surface area contributed by atoms with Crippen LogP contribution in [0.1, 0.15) is 5.56 Å². The number of hydrogen-bond acceptors (Lipinski definition) is 3. The highest BCUT2D eigenvalue weighted by Gasteiger charge is 2.09. The predicted octanol–water partition coefficient (Wildman–Crippen LogP) is 4.38. The van der Waals surface area contributed by atoms with E-state index in [1.54, 1.807) is 6.07 Å². The van der Waals surface area contributed by atoms with Crippen LogP contribution in [0.3, 0.4) is 0 Å². The summed E-state index contributed by atoms with van der Waals surface area (Å²) in [6.45, 7) is 0.692. The van der Waals surface area contributed by atoms with Crippen molar-refractivity contribution in [2.45, 2.75) is 6.54 Å². The third-order valence-corrected chi connectivity index (χ3v) is 3.52. The van der Waals surface area contributed by atoms with Gasteiger partial charge in [0.05, 0.1) is 0 Å². The van der Waals surface area contributed by atoms with Gasteiger partial charge in [-0.1, -0.05) is 48.5 Å². The minimum atomic E-state index is 0.130. The third-order valence-electron chi connectivity index (χ3n) is 3.52. The topological polar surface area (TPSA) is 52.5 Å². The molecule has 3 aromatic rings. The normalized spacial score (nSPS) is 10.4. The van der Waals surface area contributed by atoms with E-state index < -0.39 is 0 Å². The van der Waals surface area contributed by atoms with E-state index in [2.05, 4.69) is 17.4 Å². The Morgan fingerprint density at radius 1 is 0.727 bits per heavy atom. The Kier molecular flexibility index (Phi) is 3.97. The summed E-state index contributed by atoms with van der Waals surface area (Å²) in [6.07, 6.45) is 0. The molecular weight excluding hydrogens is 274 g/mol. The summed E-state index contributed by atoms with van der Waals surface area (Å²) < 4.78 is 0. The van der Waals surface area contributed by atoms with Gasteiger partial charge < -0.3 is 15.5 Å². The number of rotatable bonds is 4. The number of phenolic OH excluding ortho intramolecular Hbond substituents is 2. The minimum Gasteiger partial charge on any atom is -0.508 e. The zero-order chi connectivity index (χ0) is 15.4. The van der Waals surface area contributed by atoms with Crippen molar-refractivity contribution in [2.24, 2.45) is 0 Å². The summed E-state index contributed by atoms with van der Waals surface area (Å²) in [4.78, 5) is 0. The van der Waals surface area contributed by atoms with Crippen LogP contribution >= 0.6 is 0 Å². The largest absolute Gasteiger partial charge is 0.508 e. The Bertz CT molecular complexity index is 769. The van der Waals surface area contributed by atoms with Crippen LogP contribution in [0.2, 0.25) is 0 Å². The molecule has 0 aliphatic heterocycles. The van der Waals surface area contributed by atoms with Crippen LogP contribution in [0.5, 0.6) is 11.5 Å². The molecule has 3 heteroatoms. The lowest BCUT2D eigenvalue weighted by molar-refractivity contribution is 0.462. The second kappa shape index (κ2) is 6.22. The summed E-state index contributed by atoms with van der Waals surface area (Å²) in [5, 5.41) is 23.1. The monoisotopic (exact) mass is 291 g/mol. The van der Waals surface area contributed by atoms with Crippen molar-refractivity contribution in [3.8, 4) is 22.6 Å². The lowest BCUT2D eigenvalue weighted by Crippen LogP contribution is -2.00. The summed E-state index contributed by atoms with van der Waals surface area (Å²) in [5.74, 6) is 0.275. The molecule has 0 saturated carbocycles. The summed E-state index contributed by atoms with van der Waals surface area (Å²) in [7, 11) is 0. The van der Waals surface area contributed by atoms with Crippen LogP contribution in [0.4, 0.5) is 5.69 Å². The van der Waals surface area contributed by atoms with Gasteiger partial charge in [0.1, 0.15) is 11.5 Å². The average Bonchev–Trinajstić information content (AvgIpc) is 2.56. The van der Waals surface area contributed by atoms with Gasteiger partial charge in [-0.2, -0.15) is 0 Å². The van der Waals surface area contributed by atoms with Crippen molar-refractivity contribution in [2.75, 3.05) is 5.32 Å². The molecule has 0 bridgehead atoms. The molecule has 0 aromatic heterocycles. The second-order valence-electron chi connectivity index (χ2n) is 5.09. The molecule has 0 heterocycles. The first-order valence-corrected chi connectivity index (χ1v) is 7.13. The van der Waals surface area contributed by atoms with Crippen molar-refractivity contribution in [3.63, 3.8) is 0 Å². The first kappa shape index (κ1) is 14.0. The number of nitrogens with one attached hydrogen (secondary N) is 1. The van der Waals surface area contributed by atoms with Gasteiger partial charge in [0.2, 0.25) is 0 Å². The van der Waals surface area contributed by atoms with Crippen LogP contribution < -0.4 is 5.32 Å². The van der Waals surface area contributed by atoms with Gasteiger partial charge in [0, 0.05) is 23.4 Å². The van der Waals surface area contributed by atoms with Gasteiger partial charge in [-0.05, 0) is 29.8 Å². The molecule has 22 heavy (non-hydrogen) atoms. The summed E-state index contributed by atoms with van der Waals surface area (Å²) in [6, 6.07) is 22.4. The summed E-state index contributed by atoms with van der Waals surface area (Å²) in [5.41, 5.74) is 3.55. The van der Waals surface area contributed by atoms with E-state index in [4.69, 9.17) is 0 Å². The third kappa shape index (κ3) is 3.04. The van der Waals surface area contributed by atoms with Crippen LogP contribution in [-0.4, -0.2) is 10.2 Å². The molecule has 0 spiro atoms. The lowest BCUT2D eigenvalue weighted by Gasteiger charge is -2.13. The highest BCUT2D eigenvalue weighted by atomic mass is 16.3. The zero-order valence-electron chi connectivity index (χ0n) is 12.0. The molecule has 3 nitrogen and oxygen atoms in total. The molecule has 0 aliphatic carbocycles. The van der Waals surface area contributed by atoms with E-state index in [1.165, 1.54) is 17.7 Å². The number of phenols is 2. The van der Waals surface area contributed by atoms with Crippen molar-refractivity contribution in [3.05, 3.63) is 78.4 Å². The lowest BCUT2D eigenvalue weighted by atomic mass is 10.0. The number of benzene rings is 3. The van der Waals surface area contributed by atoms with Crippen LogP contribution in [0.25, 0.3) is 11.1 Å². The highest BCUT2D eigenvalue weighted by molar-refractivity contribution is 5.82. The van der Waals surface area contributed by atoms with Gasteiger partial charge in [-0.25, -0.2) is 0 Å². The molecule has 0 saturated heterocycles. The van der Waals surface area contributed by atoms with Crippen molar-refractivity contribution in [1.82, 2.24) is 0 Å². The molecule has 0 aliphatic rings. The number of hydrogen-bond donors (Lipinski definition) is 3. The van der Waals surface area contributed by atoms with Gasteiger partial charge in [0.25, 0.3) is 0 Å². The van der Waals surface area contributed by atoms with E-state index in [0.29, 0.717) is 12.1 Å². The van der Waals surface area contributed by atoms with E-state index >= 15 is 0 Å². The van der Waals surface area contributed by atoms with E-state index in [1.807, 2.05) is 42.5 Å². The Labute approximate surface area is 129 Å². The Morgan fingerprint density at radius 3 is 2.27 bits per heavy atom. The van der Waals surface area contributed by atoms with Gasteiger partial charge in [-0.3, -0.25) is 0 Å². The maximum absolute atomic E-state index is 10.1. The molecular formula is C19H17NO2. The van der Waals surface area contributed by atoms with E-state index in [-0.39, 0.29) is 11.5 Å². The molecule has 3 aromatic carbocycles. The van der Waals surface area contributed by atoms with E-state index in [9.17, 15) is 10.2 Å². The molecule has 0 unspecified atom stereocenters. The smallest absolute Gasteiger partial charge is 0.123 e. The Balaban J connectivity index is 1.91. The molecule has 0 radical (unpaired) electrons. The molecule has 0 amide bonds. The van der Waals surface area contributed by atoms with Crippen LogP contribution in [0, 0.1) is 0 Å². The van der Waals surface area contributed by atoms with Crippen molar-refractivity contribution < 1.29 is 10.2 Å². The van der Waals surface area contributed by atoms with Crippen LogP contribution in [0.15, 0.2) is 72.8 Å². The fourth-order valence-electron chi connectivity index (χ4n) is 2.41. The van der Waals surface area contributed by atoms with Gasteiger partial charge in [-0.15, -0.1) is 0 Å². The van der Waals surface area contributed by atoms with Crippen LogP contribution in [-0.2, 0) is 6.54 Å². The minimum absolute atomic E-state index is 0.130. The van der Waals surface area contributed by atoms with Gasteiger partial charge in [0.15, 0.2) is 0 Å². The molecule has 110 valence electrons. The molecule has 3 N–H and O–H groups in total.